The Labute approximate surface area is 79.2 Å². The first-order valence-electron chi connectivity index (χ1n) is 4.81. The second-order valence-corrected chi connectivity index (χ2v) is 5.28. The molecule has 2 heterocycles. The van der Waals surface area contributed by atoms with Crippen molar-refractivity contribution in [3.8, 4) is 0 Å². The van der Waals surface area contributed by atoms with Crippen molar-refractivity contribution in [1.29, 1.82) is 0 Å². The summed E-state index contributed by atoms with van der Waals surface area (Å²) in [6.45, 7) is 7.24. The van der Waals surface area contributed by atoms with Gasteiger partial charge in [0.05, 0.1) is 0 Å². The predicted molar refractivity (Wildman–Crippen MR) is 55.7 cm³/mol. The lowest BCUT2D eigenvalue weighted by molar-refractivity contribution is 0.217. The molecular weight excluding hydrogens is 166 g/mol. The third kappa shape index (κ3) is 1.42. The fraction of sp³-hybridized carbons (Fsp3) is 0.800. The fourth-order valence-electron chi connectivity index (χ4n) is 2.37. The van der Waals surface area contributed by atoms with E-state index in [1.54, 1.807) is 5.57 Å². The van der Waals surface area contributed by atoms with Crippen molar-refractivity contribution >= 4 is 11.8 Å². The van der Waals surface area contributed by atoms with Crippen molar-refractivity contribution in [2.45, 2.75) is 31.6 Å². The fourth-order valence-corrected chi connectivity index (χ4v) is 3.65. The number of nitrogens with zero attached hydrogens (tertiary/aromatic N) is 1. The maximum atomic E-state index is 2.65. The van der Waals surface area contributed by atoms with Gasteiger partial charge in [0.15, 0.2) is 0 Å². The largest absolute Gasteiger partial charge is 0.294 e. The highest BCUT2D eigenvalue weighted by molar-refractivity contribution is 8.00. The van der Waals surface area contributed by atoms with Crippen LogP contribution in [-0.4, -0.2) is 35.0 Å². The minimum absolute atomic E-state index is 0.748. The Morgan fingerprint density at radius 1 is 1.50 bits per heavy atom. The summed E-state index contributed by atoms with van der Waals surface area (Å²) in [5.74, 6) is 1.32. The molecule has 0 spiro atoms. The van der Waals surface area contributed by atoms with Gasteiger partial charge in [-0.25, -0.2) is 0 Å². The van der Waals surface area contributed by atoms with Crippen molar-refractivity contribution in [2.24, 2.45) is 0 Å². The normalized spacial score (nSPS) is 37.3. The molecule has 2 rings (SSSR count). The summed E-state index contributed by atoms with van der Waals surface area (Å²) < 4.78 is 0. The van der Waals surface area contributed by atoms with Crippen molar-refractivity contribution in [1.82, 2.24) is 4.90 Å². The third-order valence-electron chi connectivity index (χ3n) is 2.95. The number of rotatable bonds is 0. The molecule has 2 aliphatic heterocycles. The highest BCUT2D eigenvalue weighted by atomic mass is 32.2. The Kier molecular flexibility index (Phi) is 2.47. The maximum Gasteiger partial charge on any atom is 0.0421 e. The first-order valence-corrected chi connectivity index (χ1v) is 5.86. The van der Waals surface area contributed by atoms with E-state index in [4.69, 9.17) is 0 Å². The van der Waals surface area contributed by atoms with Crippen LogP contribution in [0.3, 0.4) is 0 Å². The number of thioether (sulfide) groups is 1. The Morgan fingerprint density at radius 3 is 3.08 bits per heavy atom. The van der Waals surface area contributed by atoms with Crippen LogP contribution in [0.4, 0.5) is 0 Å². The van der Waals surface area contributed by atoms with Crippen LogP contribution in [0.1, 0.15) is 20.3 Å². The molecule has 68 valence electrons. The van der Waals surface area contributed by atoms with Crippen molar-refractivity contribution in [3.63, 3.8) is 0 Å². The van der Waals surface area contributed by atoms with E-state index in [2.05, 4.69) is 36.6 Å². The summed E-state index contributed by atoms with van der Waals surface area (Å²) in [5, 5.41) is 0.801. The van der Waals surface area contributed by atoms with Crippen LogP contribution < -0.4 is 0 Å². The molecule has 1 saturated heterocycles. The summed E-state index contributed by atoms with van der Waals surface area (Å²) in [5.41, 5.74) is 1.60. The zero-order valence-electron chi connectivity index (χ0n) is 7.92. The van der Waals surface area contributed by atoms with Crippen LogP contribution >= 0.6 is 11.8 Å². The van der Waals surface area contributed by atoms with Gasteiger partial charge in [-0.1, -0.05) is 18.6 Å². The van der Waals surface area contributed by atoms with Crippen molar-refractivity contribution < 1.29 is 0 Å². The molecule has 0 aromatic heterocycles. The van der Waals surface area contributed by atoms with Gasteiger partial charge in [0.2, 0.25) is 0 Å². The van der Waals surface area contributed by atoms with Gasteiger partial charge >= 0.3 is 0 Å². The van der Waals surface area contributed by atoms with Crippen LogP contribution in [-0.2, 0) is 0 Å². The molecule has 2 atom stereocenters. The van der Waals surface area contributed by atoms with Crippen LogP contribution in [0.15, 0.2) is 11.6 Å². The minimum Gasteiger partial charge on any atom is -0.294 e. The lowest BCUT2D eigenvalue weighted by Crippen LogP contribution is -2.49. The van der Waals surface area contributed by atoms with E-state index in [9.17, 15) is 0 Å². The first kappa shape index (κ1) is 8.64. The Morgan fingerprint density at radius 2 is 2.33 bits per heavy atom. The lowest BCUT2D eigenvalue weighted by Gasteiger charge is -2.42. The zero-order valence-corrected chi connectivity index (χ0v) is 8.73. The molecule has 12 heavy (non-hydrogen) atoms. The van der Waals surface area contributed by atoms with Crippen LogP contribution in [0.5, 0.6) is 0 Å². The van der Waals surface area contributed by atoms with Crippen LogP contribution in [0.25, 0.3) is 0 Å². The minimum atomic E-state index is 0.748. The molecule has 2 heteroatoms. The van der Waals surface area contributed by atoms with Gasteiger partial charge in [0.25, 0.3) is 0 Å². The highest BCUT2D eigenvalue weighted by Crippen LogP contribution is 2.31. The second kappa shape index (κ2) is 3.43. The smallest absolute Gasteiger partial charge is 0.0421 e. The van der Waals surface area contributed by atoms with Gasteiger partial charge in [-0.05, 0) is 13.3 Å². The standard InChI is InChI=1S/C10H17NS/c1-8-4-3-5-11-6-7-12-9(2)10(8)11/h4,9-10H,3,5-7H2,1-2H3. The molecule has 1 nitrogen and oxygen atoms in total. The summed E-state index contributed by atoms with van der Waals surface area (Å²) in [7, 11) is 0. The molecule has 0 radical (unpaired) electrons. The SMILES string of the molecule is CC1=CCCN2CCSC(C)C12. The molecule has 0 aromatic carbocycles. The van der Waals surface area contributed by atoms with Gasteiger partial charge in [-0.15, -0.1) is 0 Å². The summed E-state index contributed by atoms with van der Waals surface area (Å²) in [6.07, 6.45) is 3.68. The Balaban J connectivity index is 2.17. The summed E-state index contributed by atoms with van der Waals surface area (Å²) in [6, 6.07) is 0.748. The average molecular weight is 183 g/mol. The highest BCUT2D eigenvalue weighted by Gasteiger charge is 2.31. The van der Waals surface area contributed by atoms with Gasteiger partial charge < -0.3 is 0 Å². The van der Waals surface area contributed by atoms with Gasteiger partial charge in [-0.3, -0.25) is 4.90 Å². The molecule has 0 aromatic rings. The van der Waals surface area contributed by atoms with E-state index >= 15 is 0 Å². The number of hydrogen-bond donors (Lipinski definition) is 0. The van der Waals surface area contributed by atoms with Crippen LogP contribution in [0, 0.1) is 0 Å². The predicted octanol–water partition coefficient (Wildman–Crippen LogP) is 2.14. The maximum absolute atomic E-state index is 2.65. The van der Waals surface area contributed by atoms with E-state index in [-0.39, 0.29) is 0 Å². The molecular formula is C10H17NS. The monoisotopic (exact) mass is 183 g/mol. The first-order chi connectivity index (χ1) is 5.79. The molecule has 2 aliphatic rings. The second-order valence-electron chi connectivity index (χ2n) is 3.79. The van der Waals surface area contributed by atoms with E-state index in [0.717, 1.165) is 11.3 Å². The topological polar surface area (TPSA) is 3.24 Å². The third-order valence-corrected chi connectivity index (χ3v) is 4.15. The molecule has 2 unspecified atom stereocenters. The molecule has 1 fully saturated rings. The molecule has 0 bridgehead atoms. The van der Waals surface area contributed by atoms with Gasteiger partial charge in [-0.2, -0.15) is 11.8 Å². The molecule has 0 N–H and O–H groups in total. The number of hydrogen-bond acceptors (Lipinski definition) is 2. The molecule has 0 saturated carbocycles. The number of fused-ring (bicyclic) bond motifs is 1. The zero-order chi connectivity index (χ0) is 8.55. The molecule has 0 amide bonds. The Bertz CT molecular complexity index is 200. The van der Waals surface area contributed by atoms with E-state index in [1.165, 1.54) is 25.3 Å². The lowest BCUT2D eigenvalue weighted by atomic mass is 9.98. The Hall–Kier alpha value is 0.0500. The summed E-state index contributed by atoms with van der Waals surface area (Å²) >= 11 is 2.12. The average Bonchev–Trinajstić information content (AvgIpc) is 2.04. The molecule has 0 aliphatic carbocycles. The van der Waals surface area contributed by atoms with E-state index in [0.29, 0.717) is 0 Å². The summed E-state index contributed by atoms with van der Waals surface area (Å²) in [4.78, 5) is 2.65. The van der Waals surface area contributed by atoms with Crippen LogP contribution in [0.2, 0.25) is 0 Å². The van der Waals surface area contributed by atoms with E-state index in [1.807, 2.05) is 0 Å². The van der Waals surface area contributed by atoms with E-state index < -0.39 is 0 Å². The van der Waals surface area contributed by atoms with Gasteiger partial charge in [0.1, 0.15) is 0 Å². The van der Waals surface area contributed by atoms with Crippen molar-refractivity contribution in [3.05, 3.63) is 11.6 Å². The van der Waals surface area contributed by atoms with Gasteiger partial charge in [0, 0.05) is 30.1 Å². The quantitative estimate of drug-likeness (QED) is 0.529. The van der Waals surface area contributed by atoms with Crippen molar-refractivity contribution in [2.75, 3.05) is 18.8 Å².